The number of thioether (sulfide) groups is 1. The maximum atomic E-state index is 12.6. The fourth-order valence-corrected chi connectivity index (χ4v) is 5.86. The Kier molecular flexibility index (Phi) is 6.88. The first kappa shape index (κ1) is 23.9. The predicted octanol–water partition coefficient (Wildman–Crippen LogP) is 4.47. The summed E-state index contributed by atoms with van der Waals surface area (Å²) in [5.74, 6) is 2.06. The Morgan fingerprint density at radius 2 is 2.00 bits per heavy atom. The minimum Gasteiger partial charge on any atom is -0.406 e. The largest absolute Gasteiger partial charge is 0.573 e. The third kappa shape index (κ3) is 5.56. The smallest absolute Gasteiger partial charge is 0.406 e. The molecular weight excluding hydrogens is 477 g/mol. The zero-order chi connectivity index (χ0) is 24.4. The topological polar surface area (TPSA) is 59.3 Å². The number of ether oxygens (including phenoxy) is 1. The van der Waals surface area contributed by atoms with Gasteiger partial charge in [0, 0.05) is 56.4 Å². The Morgan fingerprint density at radius 1 is 1.11 bits per heavy atom. The summed E-state index contributed by atoms with van der Waals surface area (Å²) in [5, 5.41) is 9.47. The van der Waals surface area contributed by atoms with Gasteiger partial charge in [-0.15, -0.1) is 23.4 Å². The van der Waals surface area contributed by atoms with E-state index in [4.69, 9.17) is 0 Å². The molecule has 2 unspecified atom stereocenters. The van der Waals surface area contributed by atoms with Crippen LogP contribution < -0.4 is 9.64 Å². The van der Waals surface area contributed by atoms with Crippen LogP contribution in [0.2, 0.25) is 0 Å². The van der Waals surface area contributed by atoms with Gasteiger partial charge >= 0.3 is 6.36 Å². The Hall–Kier alpha value is -2.79. The van der Waals surface area contributed by atoms with Crippen molar-refractivity contribution in [3.8, 4) is 17.3 Å². The number of benzene rings is 1. The molecule has 1 aromatic carbocycles. The first-order chi connectivity index (χ1) is 16.9. The molecule has 5 rings (SSSR count). The third-order valence-corrected chi connectivity index (χ3v) is 7.69. The summed E-state index contributed by atoms with van der Waals surface area (Å²) in [7, 11) is 1.96. The summed E-state index contributed by atoms with van der Waals surface area (Å²) < 4.78 is 43.9. The van der Waals surface area contributed by atoms with Crippen molar-refractivity contribution in [2.24, 2.45) is 13.0 Å². The van der Waals surface area contributed by atoms with Crippen LogP contribution in [0.4, 0.5) is 18.9 Å². The van der Waals surface area contributed by atoms with Gasteiger partial charge in [-0.2, -0.15) is 0 Å². The maximum absolute atomic E-state index is 12.6. The van der Waals surface area contributed by atoms with E-state index < -0.39 is 6.36 Å². The number of alkyl halides is 3. The van der Waals surface area contributed by atoms with Crippen molar-refractivity contribution in [2.45, 2.75) is 30.4 Å². The average Bonchev–Trinajstić information content (AvgIpc) is 3.51. The van der Waals surface area contributed by atoms with Gasteiger partial charge in [-0.25, -0.2) is 0 Å². The van der Waals surface area contributed by atoms with Crippen LogP contribution in [0.1, 0.15) is 12.8 Å². The molecule has 0 saturated carbocycles. The van der Waals surface area contributed by atoms with Crippen LogP contribution in [0.15, 0.2) is 53.8 Å². The molecule has 2 aromatic heterocycles. The predicted molar refractivity (Wildman–Crippen MR) is 128 cm³/mol. The van der Waals surface area contributed by atoms with E-state index in [1.54, 1.807) is 24.0 Å². The summed E-state index contributed by atoms with van der Waals surface area (Å²) >= 11 is 1.69. The molecule has 0 amide bonds. The summed E-state index contributed by atoms with van der Waals surface area (Å²) in [4.78, 5) is 9.05. The molecule has 0 bridgehead atoms. The number of anilines is 1. The number of likely N-dealkylation sites (tertiary alicyclic amines) is 1. The lowest BCUT2D eigenvalue weighted by atomic mass is 10.0. The van der Waals surface area contributed by atoms with Crippen LogP contribution in [0.5, 0.6) is 5.75 Å². The number of pyridine rings is 1. The van der Waals surface area contributed by atoms with Gasteiger partial charge in [-0.3, -0.25) is 4.98 Å². The van der Waals surface area contributed by atoms with Crippen molar-refractivity contribution in [2.75, 3.05) is 36.8 Å². The van der Waals surface area contributed by atoms with E-state index in [0.29, 0.717) is 12.0 Å². The maximum Gasteiger partial charge on any atom is 0.573 e. The number of hydrogen-bond donors (Lipinski definition) is 0. The van der Waals surface area contributed by atoms with Gasteiger partial charge in [0.25, 0.3) is 0 Å². The van der Waals surface area contributed by atoms with Gasteiger partial charge in [0.1, 0.15) is 11.4 Å². The highest BCUT2D eigenvalue weighted by molar-refractivity contribution is 7.99. The molecule has 11 heteroatoms. The molecule has 2 saturated heterocycles. The lowest BCUT2D eigenvalue weighted by molar-refractivity contribution is -0.274. The minimum atomic E-state index is -4.68. The van der Waals surface area contributed by atoms with Gasteiger partial charge < -0.3 is 19.1 Å². The second kappa shape index (κ2) is 10.1. The molecule has 4 heterocycles. The molecular formula is C24H27F3N6OS. The van der Waals surface area contributed by atoms with E-state index in [2.05, 4.69) is 29.7 Å². The standard InChI is InChI=1S/C24H27F3N6OS/c1-31-22(20-8-2-3-10-28-20)29-30-23(31)35-13-5-11-32-15-17-9-12-33(21(17)16-32)18-6-4-7-19(14-18)34-24(25,26)27/h2-4,6-8,10,14,17,21H,5,9,11-13,15-16H2,1H3. The molecule has 0 aliphatic carbocycles. The molecule has 2 aliphatic heterocycles. The number of fused-ring (bicyclic) bond motifs is 1. The first-order valence-electron chi connectivity index (χ1n) is 11.7. The number of rotatable bonds is 8. The molecule has 2 fully saturated rings. The van der Waals surface area contributed by atoms with Crippen LogP contribution in [0.3, 0.4) is 0 Å². The average molecular weight is 505 g/mol. The van der Waals surface area contributed by atoms with E-state index in [0.717, 1.165) is 67.1 Å². The van der Waals surface area contributed by atoms with Gasteiger partial charge in [0.2, 0.25) is 0 Å². The Balaban J connectivity index is 1.12. The highest BCUT2D eigenvalue weighted by Gasteiger charge is 2.41. The molecule has 0 N–H and O–H groups in total. The van der Waals surface area contributed by atoms with Gasteiger partial charge in [0.15, 0.2) is 11.0 Å². The SMILES string of the molecule is Cn1c(SCCCN2CC3CCN(c4cccc(OC(F)(F)F)c4)C3C2)nnc1-c1ccccn1. The normalized spacial score (nSPS) is 20.4. The van der Waals surface area contributed by atoms with E-state index in [9.17, 15) is 13.2 Å². The summed E-state index contributed by atoms with van der Waals surface area (Å²) in [6.45, 7) is 3.79. The van der Waals surface area contributed by atoms with Gasteiger partial charge in [0.05, 0.1) is 0 Å². The van der Waals surface area contributed by atoms with Gasteiger partial charge in [-0.1, -0.05) is 23.9 Å². The second-order valence-corrected chi connectivity index (χ2v) is 9.96. The van der Waals surface area contributed by atoms with Crippen LogP contribution in [0, 0.1) is 5.92 Å². The van der Waals surface area contributed by atoms with Crippen molar-refractivity contribution < 1.29 is 17.9 Å². The van der Waals surface area contributed by atoms with E-state index >= 15 is 0 Å². The van der Waals surface area contributed by atoms with Crippen molar-refractivity contribution in [1.82, 2.24) is 24.6 Å². The minimum absolute atomic E-state index is 0.166. The van der Waals surface area contributed by atoms with E-state index in [1.165, 1.54) is 12.1 Å². The van der Waals surface area contributed by atoms with Crippen molar-refractivity contribution >= 4 is 17.4 Å². The molecule has 35 heavy (non-hydrogen) atoms. The zero-order valence-corrected chi connectivity index (χ0v) is 20.2. The van der Waals surface area contributed by atoms with Crippen LogP contribution in [-0.2, 0) is 7.05 Å². The highest BCUT2D eigenvalue weighted by atomic mass is 32.2. The lowest BCUT2D eigenvalue weighted by Gasteiger charge is -2.27. The van der Waals surface area contributed by atoms with E-state index in [-0.39, 0.29) is 5.75 Å². The van der Waals surface area contributed by atoms with Crippen molar-refractivity contribution in [3.05, 3.63) is 48.7 Å². The molecule has 7 nitrogen and oxygen atoms in total. The third-order valence-electron chi connectivity index (χ3n) is 6.58. The molecule has 2 aliphatic rings. The number of nitrogens with zero attached hydrogens (tertiary/aromatic N) is 6. The van der Waals surface area contributed by atoms with E-state index in [1.807, 2.05) is 35.9 Å². The lowest BCUT2D eigenvalue weighted by Crippen LogP contribution is -2.35. The zero-order valence-electron chi connectivity index (χ0n) is 19.4. The molecule has 3 aromatic rings. The fraction of sp³-hybridized carbons (Fsp3) is 0.458. The van der Waals surface area contributed by atoms with Crippen molar-refractivity contribution in [1.29, 1.82) is 0 Å². The second-order valence-electron chi connectivity index (χ2n) is 8.90. The Morgan fingerprint density at radius 3 is 2.80 bits per heavy atom. The molecule has 0 radical (unpaired) electrons. The Bertz CT molecular complexity index is 1140. The summed E-state index contributed by atoms with van der Waals surface area (Å²) in [6, 6.07) is 12.4. The summed E-state index contributed by atoms with van der Waals surface area (Å²) in [6.07, 6.45) is -0.865. The van der Waals surface area contributed by atoms with Gasteiger partial charge in [-0.05, 0) is 49.6 Å². The molecule has 2 atom stereocenters. The van der Waals surface area contributed by atoms with Crippen LogP contribution in [0.25, 0.3) is 11.5 Å². The quantitative estimate of drug-likeness (QED) is 0.331. The number of halogens is 3. The fourth-order valence-electron chi connectivity index (χ4n) is 5.02. The highest BCUT2D eigenvalue weighted by Crippen LogP contribution is 2.37. The molecule has 0 spiro atoms. The van der Waals surface area contributed by atoms with Crippen LogP contribution >= 0.6 is 11.8 Å². The first-order valence-corrected chi connectivity index (χ1v) is 12.6. The van der Waals surface area contributed by atoms with Crippen LogP contribution in [-0.4, -0.2) is 69.0 Å². The number of hydrogen-bond acceptors (Lipinski definition) is 7. The van der Waals surface area contributed by atoms with Crippen molar-refractivity contribution in [3.63, 3.8) is 0 Å². The summed E-state index contributed by atoms with van der Waals surface area (Å²) in [5.41, 5.74) is 1.60. The molecule has 186 valence electrons. The Labute approximate surface area is 206 Å². The number of aromatic nitrogens is 4. The monoisotopic (exact) mass is 504 g/mol.